The van der Waals surface area contributed by atoms with Crippen LogP contribution in [0.4, 0.5) is 16.8 Å². The van der Waals surface area contributed by atoms with Crippen LogP contribution in [0.2, 0.25) is 18.1 Å². The number of anilines is 3. The third-order valence-electron chi connectivity index (χ3n) is 9.81. The predicted molar refractivity (Wildman–Crippen MR) is 187 cm³/mol. The summed E-state index contributed by atoms with van der Waals surface area (Å²) >= 11 is 1.38. The molecule has 2 aromatic heterocycles. The van der Waals surface area contributed by atoms with Gasteiger partial charge >= 0.3 is 0 Å². The van der Waals surface area contributed by atoms with Crippen LogP contribution in [-0.4, -0.2) is 69.7 Å². The second kappa shape index (κ2) is 12.4. The molecule has 1 saturated heterocycles. The highest BCUT2D eigenvalue weighted by Crippen LogP contribution is 2.41. The molecule has 0 spiro atoms. The number of aromatic nitrogens is 2. The molecule has 0 bridgehead atoms. The number of carbonyl (C=O) groups excluding carboxylic acids is 2. The van der Waals surface area contributed by atoms with Crippen LogP contribution >= 0.6 is 11.3 Å². The summed E-state index contributed by atoms with van der Waals surface area (Å²) in [5.74, 6) is 1.45. The van der Waals surface area contributed by atoms with Crippen LogP contribution in [0.5, 0.6) is 0 Å². The average molecular weight is 697 g/mol. The van der Waals surface area contributed by atoms with Crippen LogP contribution in [-0.2, 0) is 25.8 Å². The van der Waals surface area contributed by atoms with E-state index in [1.165, 1.54) is 31.2 Å². The maximum atomic E-state index is 13.4. The molecule has 1 saturated carbocycles. The van der Waals surface area contributed by atoms with Gasteiger partial charge in [-0.2, -0.15) is 0 Å². The number of aryl methyl sites for hydroxylation is 1. The van der Waals surface area contributed by atoms with E-state index >= 15 is 0 Å². The second-order valence-corrected chi connectivity index (χ2v) is 21.9. The SMILES string of the molecule is CNS(=O)(=O)c1cc(-c2sc(Nc3cccc(N4CC[C@@H](O[Si](C)(C)C(C)(C)C)C4=O)n3)nc2C)cc2c1C(=O)N(CCC1CC1)C2. The van der Waals surface area contributed by atoms with E-state index in [0.29, 0.717) is 59.9 Å². The Balaban J connectivity index is 1.23. The van der Waals surface area contributed by atoms with Crippen molar-refractivity contribution in [3.8, 4) is 10.4 Å². The molecule has 3 aromatic rings. The molecular weight excluding hydrogens is 653 g/mol. The van der Waals surface area contributed by atoms with Gasteiger partial charge in [-0.1, -0.05) is 51.0 Å². The van der Waals surface area contributed by atoms with Crippen LogP contribution in [0.1, 0.15) is 68.1 Å². The first-order valence-electron chi connectivity index (χ1n) is 16.2. The molecule has 252 valence electrons. The first-order chi connectivity index (χ1) is 22.1. The summed E-state index contributed by atoms with van der Waals surface area (Å²) in [5, 5.41) is 3.86. The molecule has 4 heterocycles. The van der Waals surface area contributed by atoms with Crippen molar-refractivity contribution in [1.82, 2.24) is 19.6 Å². The molecule has 2 amide bonds. The minimum atomic E-state index is -3.90. The molecule has 2 fully saturated rings. The maximum Gasteiger partial charge on any atom is 0.256 e. The third kappa shape index (κ3) is 6.75. The largest absolute Gasteiger partial charge is 0.405 e. The normalized spacial score (nSPS) is 18.7. The minimum absolute atomic E-state index is 0.00327. The van der Waals surface area contributed by atoms with Gasteiger partial charge in [-0.25, -0.2) is 23.1 Å². The van der Waals surface area contributed by atoms with Crippen molar-refractivity contribution < 1.29 is 22.4 Å². The van der Waals surface area contributed by atoms with Crippen LogP contribution < -0.4 is 14.9 Å². The quantitative estimate of drug-likeness (QED) is 0.232. The molecule has 14 heteroatoms. The standard InChI is InChI=1S/C33H44N6O5S2Si/c1-20-29(22-17-23-19-38(15-13-21-11-12-21)31(41)28(23)25(18-22)46(42,43)34-5)45-32(35-20)37-26-9-8-10-27(36-26)39-16-14-24(30(39)40)44-47(6,7)33(2,3)4/h8-10,17-18,21,24,34H,11-16,19H2,1-7H3,(H,35,36,37)/t24-/m1/s1. The predicted octanol–water partition coefficient (Wildman–Crippen LogP) is 6.05. The molecule has 47 heavy (non-hydrogen) atoms. The smallest absolute Gasteiger partial charge is 0.256 e. The van der Waals surface area contributed by atoms with E-state index in [0.717, 1.165) is 17.0 Å². The fourth-order valence-electron chi connectivity index (χ4n) is 5.85. The number of thiazole rings is 1. The molecule has 1 aliphatic carbocycles. The fourth-order valence-corrected chi connectivity index (χ4v) is 9.08. The number of fused-ring (bicyclic) bond motifs is 1. The van der Waals surface area contributed by atoms with Gasteiger partial charge in [0.15, 0.2) is 13.4 Å². The fraction of sp³-hybridized carbons (Fsp3) is 0.515. The summed E-state index contributed by atoms with van der Waals surface area (Å²) in [4.78, 5) is 40.4. The summed E-state index contributed by atoms with van der Waals surface area (Å²) in [5.41, 5.74) is 2.38. The highest BCUT2D eigenvalue weighted by molar-refractivity contribution is 7.89. The van der Waals surface area contributed by atoms with Gasteiger partial charge < -0.3 is 14.6 Å². The zero-order valence-electron chi connectivity index (χ0n) is 28.1. The van der Waals surface area contributed by atoms with Gasteiger partial charge in [0.25, 0.3) is 11.8 Å². The number of hydrogen-bond acceptors (Lipinski definition) is 9. The van der Waals surface area contributed by atoms with Gasteiger partial charge in [-0.3, -0.25) is 14.5 Å². The summed E-state index contributed by atoms with van der Waals surface area (Å²) in [6.45, 7) is 14.2. The van der Waals surface area contributed by atoms with Gasteiger partial charge in [-0.15, -0.1) is 0 Å². The van der Waals surface area contributed by atoms with E-state index in [9.17, 15) is 18.0 Å². The number of carbonyl (C=O) groups is 2. The molecule has 3 aliphatic rings. The van der Waals surface area contributed by atoms with E-state index in [-0.39, 0.29) is 27.3 Å². The Morgan fingerprint density at radius 3 is 2.53 bits per heavy atom. The lowest BCUT2D eigenvalue weighted by molar-refractivity contribution is -0.123. The van der Waals surface area contributed by atoms with Crippen molar-refractivity contribution in [3.05, 3.63) is 47.2 Å². The van der Waals surface area contributed by atoms with Crippen LogP contribution in [0.25, 0.3) is 10.4 Å². The molecule has 6 rings (SSSR count). The van der Waals surface area contributed by atoms with E-state index in [4.69, 9.17) is 14.4 Å². The average Bonchev–Trinajstić information content (AvgIpc) is 3.56. The first kappa shape index (κ1) is 33.7. The van der Waals surface area contributed by atoms with Crippen LogP contribution in [0.3, 0.4) is 0 Å². The van der Waals surface area contributed by atoms with Crippen molar-refractivity contribution in [2.75, 3.05) is 30.4 Å². The van der Waals surface area contributed by atoms with Gasteiger partial charge in [0, 0.05) is 19.6 Å². The Hall–Kier alpha value is -3.17. The highest BCUT2D eigenvalue weighted by Gasteiger charge is 2.44. The van der Waals surface area contributed by atoms with Crippen molar-refractivity contribution >= 4 is 58.3 Å². The summed E-state index contributed by atoms with van der Waals surface area (Å²) < 4.78 is 35.1. The first-order valence-corrected chi connectivity index (χ1v) is 21.4. The van der Waals surface area contributed by atoms with Gasteiger partial charge in [0.05, 0.1) is 21.0 Å². The number of nitrogens with zero attached hydrogens (tertiary/aromatic N) is 4. The number of rotatable bonds is 11. The van der Waals surface area contributed by atoms with Crippen molar-refractivity contribution in [2.24, 2.45) is 5.92 Å². The second-order valence-electron chi connectivity index (χ2n) is 14.3. The topological polar surface area (TPSA) is 134 Å². The minimum Gasteiger partial charge on any atom is -0.405 e. The number of amides is 2. The monoisotopic (exact) mass is 696 g/mol. The summed E-state index contributed by atoms with van der Waals surface area (Å²) in [6.07, 6.45) is 3.49. The number of hydrogen-bond donors (Lipinski definition) is 2. The van der Waals surface area contributed by atoms with Gasteiger partial charge in [-0.05, 0) is 86.3 Å². The Bertz CT molecular complexity index is 1830. The zero-order chi connectivity index (χ0) is 33.9. The third-order valence-corrected chi connectivity index (χ3v) is 16.9. The number of benzene rings is 1. The Labute approximate surface area is 282 Å². The lowest BCUT2D eigenvalue weighted by atomic mass is 10.0. The molecule has 1 aromatic carbocycles. The summed E-state index contributed by atoms with van der Waals surface area (Å²) in [6, 6.07) is 8.99. The summed E-state index contributed by atoms with van der Waals surface area (Å²) in [7, 11) is -4.66. The van der Waals surface area contributed by atoms with Crippen molar-refractivity contribution in [1.29, 1.82) is 0 Å². The molecule has 2 aliphatic heterocycles. The Morgan fingerprint density at radius 2 is 1.85 bits per heavy atom. The molecule has 2 N–H and O–H groups in total. The van der Waals surface area contributed by atoms with Crippen molar-refractivity contribution in [2.45, 2.75) is 89.1 Å². The number of pyridine rings is 1. The van der Waals surface area contributed by atoms with E-state index in [1.807, 2.05) is 31.2 Å². The number of sulfonamides is 1. The molecule has 0 unspecified atom stereocenters. The lowest BCUT2D eigenvalue weighted by Crippen LogP contribution is -2.46. The number of nitrogens with one attached hydrogen (secondary N) is 2. The van der Waals surface area contributed by atoms with E-state index in [2.05, 4.69) is 43.9 Å². The van der Waals surface area contributed by atoms with Crippen LogP contribution in [0, 0.1) is 12.8 Å². The maximum absolute atomic E-state index is 13.4. The molecule has 0 radical (unpaired) electrons. The lowest BCUT2D eigenvalue weighted by Gasteiger charge is -2.37. The van der Waals surface area contributed by atoms with E-state index < -0.39 is 24.4 Å². The van der Waals surface area contributed by atoms with Gasteiger partial charge in [0.2, 0.25) is 10.0 Å². The molecule has 11 nitrogen and oxygen atoms in total. The molecular formula is C33H44N6O5S2Si. The zero-order valence-corrected chi connectivity index (χ0v) is 30.8. The molecule has 1 atom stereocenters. The Kier molecular flexibility index (Phi) is 8.87. The highest BCUT2D eigenvalue weighted by atomic mass is 32.2. The van der Waals surface area contributed by atoms with Gasteiger partial charge in [0.1, 0.15) is 17.7 Å². The van der Waals surface area contributed by atoms with Crippen molar-refractivity contribution in [3.63, 3.8) is 0 Å². The van der Waals surface area contributed by atoms with E-state index in [1.54, 1.807) is 15.9 Å². The Morgan fingerprint density at radius 1 is 1.11 bits per heavy atom. The van der Waals surface area contributed by atoms with Crippen LogP contribution in [0.15, 0.2) is 35.2 Å².